The summed E-state index contributed by atoms with van der Waals surface area (Å²) in [6.45, 7) is 8.33. The molecule has 1 aromatic carbocycles. The van der Waals surface area contributed by atoms with Crippen molar-refractivity contribution in [2.45, 2.75) is 52.1 Å². The maximum Gasteiger partial charge on any atom is 0.225 e. The summed E-state index contributed by atoms with van der Waals surface area (Å²) in [4.78, 5) is 28.9. The van der Waals surface area contributed by atoms with E-state index in [2.05, 4.69) is 48.3 Å². The molecule has 1 aromatic heterocycles. The van der Waals surface area contributed by atoms with Crippen LogP contribution < -0.4 is 5.32 Å². The van der Waals surface area contributed by atoms with Gasteiger partial charge in [0, 0.05) is 39.1 Å². The van der Waals surface area contributed by atoms with Crippen LogP contribution in [0, 0.1) is 5.92 Å². The molecule has 31 heavy (non-hydrogen) atoms. The standard InChI is InChI=1S/C24H31N3O4/c1-17-12-26(13-18(2)31-17)14-20-7-5-19(6-8-20)11-25-24(29)21-10-23(28)27(15-21)16-22-4-3-9-30-22/h3-9,17-18,21H,10-16H2,1-2H3,(H,25,29)/t17-,18+,21-/m0/s1. The van der Waals surface area contributed by atoms with Crippen LogP contribution in [0.25, 0.3) is 0 Å². The molecule has 2 amide bonds. The fourth-order valence-electron chi connectivity index (χ4n) is 4.46. The number of furan rings is 1. The number of hydrogen-bond acceptors (Lipinski definition) is 5. The van der Waals surface area contributed by atoms with Gasteiger partial charge in [-0.3, -0.25) is 14.5 Å². The topological polar surface area (TPSA) is 75.0 Å². The number of benzene rings is 1. The number of ether oxygens (including phenoxy) is 1. The van der Waals surface area contributed by atoms with Gasteiger partial charge < -0.3 is 19.4 Å². The Kier molecular flexibility index (Phi) is 6.73. The molecule has 4 rings (SSSR count). The van der Waals surface area contributed by atoms with E-state index in [0.29, 0.717) is 19.6 Å². The SMILES string of the molecule is C[C@@H]1CN(Cc2ccc(CNC(=O)[C@H]3CC(=O)N(Cc4ccco4)C3)cc2)C[C@H](C)O1. The molecule has 7 nitrogen and oxygen atoms in total. The highest BCUT2D eigenvalue weighted by Crippen LogP contribution is 2.21. The summed E-state index contributed by atoms with van der Waals surface area (Å²) in [6, 6.07) is 12.0. The third-order valence-electron chi connectivity index (χ3n) is 5.90. The van der Waals surface area contributed by atoms with Crippen molar-refractivity contribution >= 4 is 11.8 Å². The summed E-state index contributed by atoms with van der Waals surface area (Å²) < 4.78 is 11.1. The quantitative estimate of drug-likeness (QED) is 0.738. The van der Waals surface area contributed by atoms with E-state index < -0.39 is 0 Å². The van der Waals surface area contributed by atoms with Crippen LogP contribution in [0.15, 0.2) is 47.1 Å². The molecule has 2 saturated heterocycles. The third-order valence-corrected chi connectivity index (χ3v) is 5.90. The predicted molar refractivity (Wildman–Crippen MR) is 116 cm³/mol. The number of nitrogens with one attached hydrogen (secondary N) is 1. The first kappa shape index (κ1) is 21.6. The van der Waals surface area contributed by atoms with Gasteiger partial charge in [0.2, 0.25) is 11.8 Å². The maximum absolute atomic E-state index is 12.6. The number of rotatable bonds is 7. The number of morpholine rings is 1. The normalized spacial score (nSPS) is 24.5. The highest BCUT2D eigenvalue weighted by atomic mass is 16.5. The Morgan fingerprint density at radius 2 is 1.74 bits per heavy atom. The van der Waals surface area contributed by atoms with Gasteiger partial charge in [-0.25, -0.2) is 0 Å². The molecular weight excluding hydrogens is 394 g/mol. The van der Waals surface area contributed by atoms with Crippen LogP contribution in [0.4, 0.5) is 0 Å². The number of hydrogen-bond donors (Lipinski definition) is 1. The zero-order chi connectivity index (χ0) is 21.8. The first-order valence-corrected chi connectivity index (χ1v) is 11.0. The lowest BCUT2D eigenvalue weighted by atomic mass is 10.1. The van der Waals surface area contributed by atoms with Crippen LogP contribution in [-0.4, -0.2) is 53.5 Å². The van der Waals surface area contributed by atoms with E-state index >= 15 is 0 Å². The fraction of sp³-hybridized carbons (Fsp3) is 0.500. The zero-order valence-electron chi connectivity index (χ0n) is 18.3. The van der Waals surface area contributed by atoms with Crippen molar-refractivity contribution in [1.29, 1.82) is 0 Å². The highest BCUT2D eigenvalue weighted by molar-refractivity contribution is 5.89. The van der Waals surface area contributed by atoms with Gasteiger partial charge in [-0.05, 0) is 37.1 Å². The Bertz CT molecular complexity index is 871. The largest absolute Gasteiger partial charge is 0.467 e. The van der Waals surface area contributed by atoms with Crippen LogP contribution in [0.3, 0.4) is 0 Å². The number of likely N-dealkylation sites (tertiary alicyclic amines) is 1. The summed E-state index contributed by atoms with van der Waals surface area (Å²) >= 11 is 0. The van der Waals surface area contributed by atoms with Crippen molar-refractivity contribution in [1.82, 2.24) is 15.1 Å². The van der Waals surface area contributed by atoms with E-state index in [0.717, 1.165) is 31.0 Å². The van der Waals surface area contributed by atoms with E-state index in [1.165, 1.54) is 5.56 Å². The van der Waals surface area contributed by atoms with Gasteiger partial charge in [-0.2, -0.15) is 0 Å². The minimum atomic E-state index is -0.313. The van der Waals surface area contributed by atoms with Gasteiger partial charge in [0.25, 0.3) is 0 Å². The van der Waals surface area contributed by atoms with Crippen LogP contribution in [0.1, 0.15) is 37.2 Å². The molecule has 0 radical (unpaired) electrons. The third kappa shape index (κ3) is 5.74. The summed E-state index contributed by atoms with van der Waals surface area (Å²) in [5.41, 5.74) is 2.31. The Morgan fingerprint density at radius 3 is 2.42 bits per heavy atom. The molecule has 0 bridgehead atoms. The molecule has 3 heterocycles. The molecule has 3 atom stereocenters. The van der Waals surface area contributed by atoms with Crippen LogP contribution >= 0.6 is 0 Å². The predicted octanol–water partition coefficient (Wildman–Crippen LogP) is 2.55. The lowest BCUT2D eigenvalue weighted by Crippen LogP contribution is -2.44. The average Bonchev–Trinajstić information content (AvgIpc) is 3.37. The molecule has 7 heteroatoms. The summed E-state index contributed by atoms with van der Waals surface area (Å²) in [5.74, 6) is 0.339. The molecule has 2 aliphatic rings. The molecule has 1 N–H and O–H groups in total. The summed E-state index contributed by atoms with van der Waals surface area (Å²) in [7, 11) is 0. The Labute approximate surface area is 183 Å². The van der Waals surface area contributed by atoms with Crippen molar-refractivity contribution in [3.8, 4) is 0 Å². The second-order valence-electron chi connectivity index (χ2n) is 8.74. The van der Waals surface area contributed by atoms with Crippen LogP contribution in [-0.2, 0) is 34.0 Å². The molecule has 2 aromatic rings. The molecule has 2 aliphatic heterocycles. The van der Waals surface area contributed by atoms with E-state index in [9.17, 15) is 9.59 Å². The number of carbonyl (C=O) groups is 2. The number of amides is 2. The van der Waals surface area contributed by atoms with Crippen molar-refractivity contribution < 1.29 is 18.7 Å². The molecule has 0 saturated carbocycles. The van der Waals surface area contributed by atoms with Crippen LogP contribution in [0.2, 0.25) is 0 Å². The minimum absolute atomic E-state index is 0.00680. The molecule has 0 spiro atoms. The second kappa shape index (κ2) is 9.66. The lowest BCUT2D eigenvalue weighted by Gasteiger charge is -2.35. The Morgan fingerprint density at radius 1 is 1.03 bits per heavy atom. The average molecular weight is 426 g/mol. The minimum Gasteiger partial charge on any atom is -0.467 e. The smallest absolute Gasteiger partial charge is 0.225 e. The van der Waals surface area contributed by atoms with Crippen LogP contribution in [0.5, 0.6) is 0 Å². The van der Waals surface area contributed by atoms with Gasteiger partial charge in [0.15, 0.2) is 0 Å². The monoisotopic (exact) mass is 425 g/mol. The molecular formula is C24H31N3O4. The van der Waals surface area contributed by atoms with E-state index in [4.69, 9.17) is 9.15 Å². The first-order valence-electron chi connectivity index (χ1n) is 11.0. The second-order valence-corrected chi connectivity index (χ2v) is 8.74. The molecule has 2 fully saturated rings. The Hall–Kier alpha value is -2.64. The highest BCUT2D eigenvalue weighted by Gasteiger charge is 2.34. The van der Waals surface area contributed by atoms with Crippen molar-refractivity contribution in [2.75, 3.05) is 19.6 Å². The number of nitrogens with zero attached hydrogens (tertiary/aromatic N) is 2. The first-order chi connectivity index (χ1) is 15.0. The summed E-state index contributed by atoms with van der Waals surface area (Å²) in [6.07, 6.45) is 2.36. The van der Waals surface area contributed by atoms with Gasteiger partial charge in [0.1, 0.15) is 5.76 Å². The van der Waals surface area contributed by atoms with Gasteiger partial charge in [-0.1, -0.05) is 24.3 Å². The maximum atomic E-state index is 12.6. The van der Waals surface area contributed by atoms with E-state index in [1.54, 1.807) is 17.2 Å². The van der Waals surface area contributed by atoms with Crippen molar-refractivity contribution in [3.63, 3.8) is 0 Å². The zero-order valence-corrected chi connectivity index (χ0v) is 18.3. The number of carbonyl (C=O) groups excluding carboxylic acids is 2. The van der Waals surface area contributed by atoms with Gasteiger partial charge in [-0.15, -0.1) is 0 Å². The van der Waals surface area contributed by atoms with Crippen molar-refractivity contribution in [2.24, 2.45) is 5.92 Å². The van der Waals surface area contributed by atoms with Gasteiger partial charge in [0.05, 0.1) is 30.9 Å². The fourth-order valence-corrected chi connectivity index (χ4v) is 4.46. The molecule has 0 unspecified atom stereocenters. The van der Waals surface area contributed by atoms with E-state index in [-0.39, 0.29) is 36.4 Å². The Balaban J connectivity index is 1.23. The van der Waals surface area contributed by atoms with Gasteiger partial charge >= 0.3 is 0 Å². The molecule has 166 valence electrons. The summed E-state index contributed by atoms with van der Waals surface area (Å²) in [5, 5.41) is 2.99. The van der Waals surface area contributed by atoms with E-state index in [1.807, 2.05) is 6.07 Å². The lowest BCUT2D eigenvalue weighted by molar-refractivity contribution is -0.129. The molecule has 0 aliphatic carbocycles. The van der Waals surface area contributed by atoms with Crippen molar-refractivity contribution in [3.05, 3.63) is 59.5 Å².